The van der Waals surface area contributed by atoms with E-state index in [9.17, 15) is 0 Å². The van der Waals surface area contributed by atoms with E-state index in [1.165, 1.54) is 6.42 Å². The van der Waals surface area contributed by atoms with Gasteiger partial charge in [-0.2, -0.15) is 0 Å². The third kappa shape index (κ3) is 7.93. The van der Waals surface area contributed by atoms with Gasteiger partial charge in [0.15, 0.2) is 0 Å². The number of hydrogen-bond acceptors (Lipinski definition) is 4. The quantitative estimate of drug-likeness (QED) is 0.377. The van der Waals surface area contributed by atoms with Gasteiger partial charge in [-0.15, -0.1) is 0 Å². The number of hydrogen-bond donors (Lipinski definition) is 0. The van der Waals surface area contributed by atoms with E-state index in [4.69, 9.17) is 18.9 Å². The van der Waals surface area contributed by atoms with Gasteiger partial charge in [-0.05, 0) is 19.3 Å². The summed E-state index contributed by atoms with van der Waals surface area (Å²) in [6, 6.07) is 0. The molecule has 0 bridgehead atoms. The van der Waals surface area contributed by atoms with Crippen molar-refractivity contribution in [3.63, 3.8) is 0 Å². The van der Waals surface area contributed by atoms with Gasteiger partial charge in [0.2, 0.25) is 0 Å². The molecular formula is C15H29BrO4. The van der Waals surface area contributed by atoms with Crippen LogP contribution in [-0.4, -0.2) is 58.2 Å². The van der Waals surface area contributed by atoms with Crippen molar-refractivity contribution in [1.29, 1.82) is 0 Å². The van der Waals surface area contributed by atoms with Crippen LogP contribution in [0.4, 0.5) is 0 Å². The molecule has 1 rings (SSSR count). The van der Waals surface area contributed by atoms with Crippen molar-refractivity contribution >= 4 is 15.9 Å². The second-order valence-corrected chi connectivity index (χ2v) is 5.94. The fourth-order valence-corrected chi connectivity index (χ4v) is 2.82. The Kier molecular flexibility index (Phi) is 11.0. The monoisotopic (exact) mass is 352 g/mol. The van der Waals surface area contributed by atoms with Crippen molar-refractivity contribution in [3.8, 4) is 0 Å². The van der Waals surface area contributed by atoms with Crippen LogP contribution in [0.25, 0.3) is 0 Å². The zero-order valence-corrected chi connectivity index (χ0v) is 14.3. The standard InChI is InChI=1S/C15H29BrO4/c1-2-3-6-17-9-11-19-12-10-18-7-4-15(13-16)5-8-20-14-15/h2-14H2,1H3. The highest BCUT2D eigenvalue weighted by Crippen LogP contribution is 2.34. The van der Waals surface area contributed by atoms with Crippen molar-refractivity contribution in [2.75, 3.05) is 58.2 Å². The van der Waals surface area contributed by atoms with Crippen LogP contribution < -0.4 is 0 Å². The van der Waals surface area contributed by atoms with E-state index < -0.39 is 0 Å². The zero-order chi connectivity index (χ0) is 14.5. The minimum atomic E-state index is 0.286. The molecule has 20 heavy (non-hydrogen) atoms. The van der Waals surface area contributed by atoms with Crippen LogP contribution in [0, 0.1) is 5.41 Å². The van der Waals surface area contributed by atoms with Crippen molar-refractivity contribution in [3.05, 3.63) is 0 Å². The summed E-state index contributed by atoms with van der Waals surface area (Å²) in [6.45, 7) is 8.17. The summed E-state index contributed by atoms with van der Waals surface area (Å²) < 4.78 is 22.0. The summed E-state index contributed by atoms with van der Waals surface area (Å²) in [5, 5.41) is 0.995. The molecule has 0 N–H and O–H groups in total. The molecule has 0 radical (unpaired) electrons. The third-order valence-corrected chi connectivity index (χ3v) is 4.82. The zero-order valence-electron chi connectivity index (χ0n) is 12.7. The minimum absolute atomic E-state index is 0.286. The Balaban J connectivity index is 1.83. The molecule has 1 atom stereocenters. The summed E-state index contributed by atoms with van der Waals surface area (Å²) in [7, 11) is 0. The Hall–Kier alpha value is 0.320. The van der Waals surface area contributed by atoms with Crippen molar-refractivity contribution in [1.82, 2.24) is 0 Å². The molecule has 4 nitrogen and oxygen atoms in total. The Morgan fingerprint density at radius 2 is 1.65 bits per heavy atom. The Bertz CT molecular complexity index is 220. The first-order chi connectivity index (χ1) is 9.83. The average molecular weight is 353 g/mol. The predicted molar refractivity (Wildman–Crippen MR) is 83.6 cm³/mol. The number of halogens is 1. The Labute approximate surface area is 131 Å². The fourth-order valence-electron chi connectivity index (χ4n) is 2.10. The van der Waals surface area contributed by atoms with E-state index in [2.05, 4.69) is 22.9 Å². The molecule has 120 valence electrons. The maximum absolute atomic E-state index is 5.63. The number of rotatable bonds is 13. The second kappa shape index (κ2) is 11.9. The van der Waals surface area contributed by atoms with Crippen LogP contribution in [0.2, 0.25) is 0 Å². The average Bonchev–Trinajstić information content (AvgIpc) is 2.94. The molecule has 1 aliphatic heterocycles. The van der Waals surface area contributed by atoms with Gasteiger partial charge in [-0.3, -0.25) is 0 Å². The highest BCUT2D eigenvalue weighted by molar-refractivity contribution is 9.09. The summed E-state index contributed by atoms with van der Waals surface area (Å²) >= 11 is 3.59. The van der Waals surface area contributed by atoms with Gasteiger partial charge in [0.25, 0.3) is 0 Å². The van der Waals surface area contributed by atoms with E-state index in [1.54, 1.807) is 0 Å². The lowest BCUT2D eigenvalue weighted by molar-refractivity contribution is 0.00832. The van der Waals surface area contributed by atoms with E-state index in [-0.39, 0.29) is 5.41 Å². The molecule has 1 saturated heterocycles. The van der Waals surface area contributed by atoms with Crippen LogP contribution in [0.5, 0.6) is 0 Å². The highest BCUT2D eigenvalue weighted by Gasteiger charge is 2.33. The molecular weight excluding hydrogens is 324 g/mol. The van der Waals surface area contributed by atoms with E-state index in [1.807, 2.05) is 0 Å². The van der Waals surface area contributed by atoms with Crippen molar-refractivity contribution < 1.29 is 18.9 Å². The number of alkyl halides is 1. The van der Waals surface area contributed by atoms with Gasteiger partial charge in [0.05, 0.1) is 33.0 Å². The Morgan fingerprint density at radius 3 is 2.20 bits per heavy atom. The lowest BCUT2D eigenvalue weighted by Crippen LogP contribution is -2.25. The van der Waals surface area contributed by atoms with Crippen LogP contribution in [-0.2, 0) is 18.9 Å². The highest BCUT2D eigenvalue weighted by atomic mass is 79.9. The van der Waals surface area contributed by atoms with E-state index in [0.717, 1.165) is 51.0 Å². The summed E-state index contributed by atoms with van der Waals surface area (Å²) in [5.41, 5.74) is 0.286. The van der Waals surface area contributed by atoms with Crippen molar-refractivity contribution in [2.45, 2.75) is 32.6 Å². The molecule has 0 aromatic carbocycles. The largest absolute Gasteiger partial charge is 0.381 e. The van der Waals surface area contributed by atoms with Gasteiger partial charge in [-0.25, -0.2) is 0 Å². The maximum atomic E-state index is 5.63. The topological polar surface area (TPSA) is 36.9 Å². The molecule has 1 heterocycles. The lowest BCUT2D eigenvalue weighted by atomic mass is 9.87. The van der Waals surface area contributed by atoms with Crippen LogP contribution in [0.15, 0.2) is 0 Å². The van der Waals surface area contributed by atoms with E-state index in [0.29, 0.717) is 26.4 Å². The first-order valence-electron chi connectivity index (χ1n) is 7.70. The lowest BCUT2D eigenvalue weighted by Gasteiger charge is -2.24. The molecule has 1 aliphatic rings. The van der Waals surface area contributed by atoms with Crippen LogP contribution in [0.3, 0.4) is 0 Å². The van der Waals surface area contributed by atoms with Gasteiger partial charge in [0, 0.05) is 30.6 Å². The van der Waals surface area contributed by atoms with Crippen LogP contribution in [0.1, 0.15) is 32.6 Å². The fraction of sp³-hybridized carbons (Fsp3) is 1.00. The normalized spacial score (nSPS) is 22.5. The third-order valence-electron chi connectivity index (χ3n) is 3.63. The summed E-state index contributed by atoms with van der Waals surface area (Å²) in [6.07, 6.45) is 4.49. The summed E-state index contributed by atoms with van der Waals surface area (Å²) in [5.74, 6) is 0. The minimum Gasteiger partial charge on any atom is -0.381 e. The number of ether oxygens (including phenoxy) is 4. The van der Waals surface area contributed by atoms with Crippen LogP contribution >= 0.6 is 15.9 Å². The second-order valence-electron chi connectivity index (χ2n) is 5.38. The van der Waals surface area contributed by atoms with E-state index >= 15 is 0 Å². The Morgan fingerprint density at radius 1 is 1.00 bits per heavy atom. The summed E-state index contributed by atoms with van der Waals surface area (Å²) in [4.78, 5) is 0. The first-order valence-corrected chi connectivity index (χ1v) is 8.82. The molecule has 0 aliphatic carbocycles. The number of unbranched alkanes of at least 4 members (excludes halogenated alkanes) is 1. The SMILES string of the molecule is CCCCOCCOCCOCCC1(CBr)CCOC1. The van der Waals surface area contributed by atoms with Gasteiger partial charge >= 0.3 is 0 Å². The first kappa shape index (κ1) is 18.4. The molecule has 0 amide bonds. The molecule has 0 saturated carbocycles. The smallest absolute Gasteiger partial charge is 0.0701 e. The van der Waals surface area contributed by atoms with Crippen molar-refractivity contribution in [2.24, 2.45) is 5.41 Å². The molecule has 0 aromatic rings. The van der Waals surface area contributed by atoms with Gasteiger partial charge in [0.1, 0.15) is 0 Å². The molecule has 5 heteroatoms. The molecule has 0 spiro atoms. The molecule has 0 aromatic heterocycles. The molecule has 1 fully saturated rings. The van der Waals surface area contributed by atoms with Gasteiger partial charge < -0.3 is 18.9 Å². The predicted octanol–water partition coefficient (Wildman–Crippen LogP) is 3.03. The molecule has 1 unspecified atom stereocenters. The van der Waals surface area contributed by atoms with Gasteiger partial charge in [-0.1, -0.05) is 29.3 Å². The maximum Gasteiger partial charge on any atom is 0.0701 e.